The zero-order valence-electron chi connectivity index (χ0n) is 14.2. The highest BCUT2D eigenvalue weighted by atomic mass is 32.2. The Bertz CT molecular complexity index is 707. The minimum absolute atomic E-state index is 0.0407. The number of carbonyl (C=O) groups excluding carboxylic acids is 2. The van der Waals surface area contributed by atoms with Crippen molar-refractivity contribution in [1.82, 2.24) is 4.90 Å². The number of carbonyl (C=O) groups is 2. The lowest BCUT2D eigenvalue weighted by Gasteiger charge is -2.22. The Labute approximate surface area is 152 Å². The van der Waals surface area contributed by atoms with Gasteiger partial charge in [0.1, 0.15) is 5.75 Å². The number of para-hydroxylation sites is 1. The van der Waals surface area contributed by atoms with Gasteiger partial charge in [-0.3, -0.25) is 9.59 Å². The molecule has 0 atom stereocenters. The molecule has 0 radical (unpaired) electrons. The molecule has 2 aromatic rings. The van der Waals surface area contributed by atoms with Gasteiger partial charge in [0.2, 0.25) is 11.8 Å². The average molecular weight is 358 g/mol. The van der Waals surface area contributed by atoms with E-state index in [4.69, 9.17) is 10.5 Å². The second-order valence-corrected chi connectivity index (χ2v) is 6.47. The molecule has 0 aliphatic rings. The van der Waals surface area contributed by atoms with Crippen LogP contribution >= 0.6 is 11.8 Å². The van der Waals surface area contributed by atoms with Crippen LogP contribution in [0.5, 0.6) is 5.75 Å². The van der Waals surface area contributed by atoms with Gasteiger partial charge in [-0.05, 0) is 17.7 Å². The number of thioether (sulfide) groups is 1. The third-order valence-corrected chi connectivity index (χ3v) is 4.66. The Hall–Kier alpha value is -2.47. The van der Waals surface area contributed by atoms with E-state index in [1.807, 2.05) is 54.6 Å². The molecule has 0 heterocycles. The molecule has 0 saturated heterocycles. The SMILES string of the molecule is COc1ccccc1SCC(=O)N(CCC(N)=O)Cc1ccccc1. The molecule has 0 aliphatic carbocycles. The Morgan fingerprint density at radius 3 is 2.44 bits per heavy atom. The molecule has 0 bridgehead atoms. The van der Waals surface area contributed by atoms with Crippen molar-refractivity contribution in [3.8, 4) is 5.75 Å². The summed E-state index contributed by atoms with van der Waals surface area (Å²) in [6.07, 6.45) is 0.151. The number of hydrogen-bond acceptors (Lipinski definition) is 4. The molecule has 0 unspecified atom stereocenters. The van der Waals surface area contributed by atoms with E-state index in [1.54, 1.807) is 12.0 Å². The van der Waals surface area contributed by atoms with Crippen LogP contribution in [0.4, 0.5) is 0 Å². The molecule has 132 valence electrons. The monoisotopic (exact) mass is 358 g/mol. The third kappa shape index (κ3) is 6.15. The van der Waals surface area contributed by atoms with Crippen LogP contribution in [0.3, 0.4) is 0 Å². The topological polar surface area (TPSA) is 72.6 Å². The summed E-state index contributed by atoms with van der Waals surface area (Å²) in [6, 6.07) is 17.3. The van der Waals surface area contributed by atoms with E-state index in [0.29, 0.717) is 13.1 Å². The molecule has 0 aliphatic heterocycles. The first-order valence-electron chi connectivity index (χ1n) is 7.96. The summed E-state index contributed by atoms with van der Waals surface area (Å²) in [6.45, 7) is 0.773. The van der Waals surface area contributed by atoms with Crippen molar-refractivity contribution >= 4 is 23.6 Å². The third-order valence-electron chi connectivity index (χ3n) is 3.62. The van der Waals surface area contributed by atoms with Crippen LogP contribution in [0.25, 0.3) is 0 Å². The van der Waals surface area contributed by atoms with Crippen LogP contribution in [-0.4, -0.2) is 36.1 Å². The summed E-state index contributed by atoms with van der Waals surface area (Å²) in [7, 11) is 1.61. The number of amides is 2. The quantitative estimate of drug-likeness (QED) is 0.700. The van der Waals surface area contributed by atoms with Crippen molar-refractivity contribution in [3.05, 3.63) is 60.2 Å². The van der Waals surface area contributed by atoms with E-state index >= 15 is 0 Å². The van der Waals surface area contributed by atoms with Gasteiger partial charge in [0, 0.05) is 24.4 Å². The number of nitrogens with two attached hydrogens (primary N) is 1. The zero-order chi connectivity index (χ0) is 18.1. The molecule has 0 aromatic heterocycles. The molecule has 6 heteroatoms. The predicted molar refractivity (Wildman–Crippen MR) is 99.4 cm³/mol. The first-order valence-corrected chi connectivity index (χ1v) is 8.94. The minimum Gasteiger partial charge on any atom is -0.496 e. The number of primary amides is 1. The normalized spacial score (nSPS) is 10.3. The van der Waals surface area contributed by atoms with Crippen molar-refractivity contribution < 1.29 is 14.3 Å². The molecular formula is C19H22N2O3S. The zero-order valence-corrected chi connectivity index (χ0v) is 15.0. The van der Waals surface area contributed by atoms with Crippen molar-refractivity contribution in [2.75, 3.05) is 19.4 Å². The number of nitrogens with zero attached hydrogens (tertiary/aromatic N) is 1. The number of hydrogen-bond donors (Lipinski definition) is 1. The minimum atomic E-state index is -0.414. The van der Waals surface area contributed by atoms with Gasteiger partial charge in [0.05, 0.1) is 12.9 Å². The molecule has 25 heavy (non-hydrogen) atoms. The van der Waals surface area contributed by atoms with E-state index in [0.717, 1.165) is 16.2 Å². The number of rotatable bonds is 9. The fourth-order valence-corrected chi connectivity index (χ4v) is 3.24. The van der Waals surface area contributed by atoms with E-state index in [1.165, 1.54) is 11.8 Å². The number of methoxy groups -OCH3 is 1. The first-order chi connectivity index (χ1) is 12.1. The molecule has 0 saturated carbocycles. The maximum Gasteiger partial charge on any atom is 0.233 e. The second kappa shape index (κ2) is 9.74. The molecule has 5 nitrogen and oxygen atoms in total. The van der Waals surface area contributed by atoms with Crippen LogP contribution in [0, 0.1) is 0 Å². The largest absolute Gasteiger partial charge is 0.496 e. The van der Waals surface area contributed by atoms with Crippen molar-refractivity contribution in [1.29, 1.82) is 0 Å². The molecule has 0 spiro atoms. The van der Waals surface area contributed by atoms with Crippen LogP contribution < -0.4 is 10.5 Å². The highest BCUT2D eigenvalue weighted by molar-refractivity contribution is 8.00. The molecule has 0 fully saturated rings. The molecule has 2 N–H and O–H groups in total. The Morgan fingerprint density at radius 1 is 1.08 bits per heavy atom. The number of benzene rings is 2. The van der Waals surface area contributed by atoms with E-state index in [2.05, 4.69) is 0 Å². The number of ether oxygens (including phenoxy) is 1. The molecule has 2 amide bonds. The lowest BCUT2D eigenvalue weighted by atomic mass is 10.2. The van der Waals surface area contributed by atoms with Gasteiger partial charge >= 0.3 is 0 Å². The predicted octanol–water partition coefficient (Wildman–Crippen LogP) is 2.69. The van der Waals surface area contributed by atoms with Gasteiger partial charge in [0.15, 0.2) is 0 Å². The summed E-state index contributed by atoms with van der Waals surface area (Å²) < 4.78 is 5.31. The van der Waals surface area contributed by atoms with Crippen LogP contribution in [0.1, 0.15) is 12.0 Å². The van der Waals surface area contributed by atoms with Crippen molar-refractivity contribution in [2.45, 2.75) is 17.9 Å². The van der Waals surface area contributed by atoms with Crippen LogP contribution in [0.2, 0.25) is 0 Å². The van der Waals surface area contributed by atoms with E-state index < -0.39 is 5.91 Å². The average Bonchev–Trinajstić information content (AvgIpc) is 2.64. The summed E-state index contributed by atoms with van der Waals surface area (Å²) >= 11 is 1.42. The Kier molecular flexibility index (Phi) is 7.35. The molecule has 2 aromatic carbocycles. The van der Waals surface area contributed by atoms with Gasteiger partial charge in [-0.1, -0.05) is 42.5 Å². The summed E-state index contributed by atoms with van der Waals surface area (Å²) in [5.41, 5.74) is 6.25. The van der Waals surface area contributed by atoms with E-state index in [9.17, 15) is 9.59 Å². The Morgan fingerprint density at radius 2 is 1.76 bits per heavy atom. The van der Waals surface area contributed by atoms with Crippen molar-refractivity contribution in [2.24, 2.45) is 5.73 Å². The first kappa shape index (κ1) is 18.9. The highest BCUT2D eigenvalue weighted by Gasteiger charge is 2.16. The highest BCUT2D eigenvalue weighted by Crippen LogP contribution is 2.28. The summed E-state index contributed by atoms with van der Waals surface area (Å²) in [4.78, 5) is 26.3. The van der Waals surface area contributed by atoms with E-state index in [-0.39, 0.29) is 18.1 Å². The molecule has 2 rings (SSSR count). The van der Waals surface area contributed by atoms with Crippen molar-refractivity contribution in [3.63, 3.8) is 0 Å². The standard InChI is InChI=1S/C19H22N2O3S/c1-24-16-9-5-6-10-17(16)25-14-19(23)21(12-11-18(20)22)13-15-7-3-2-4-8-15/h2-10H,11-14H2,1H3,(H2,20,22). The van der Waals surface area contributed by atoms with Gasteiger partial charge in [-0.2, -0.15) is 0 Å². The van der Waals surface area contributed by atoms with Crippen LogP contribution in [-0.2, 0) is 16.1 Å². The summed E-state index contributed by atoms with van der Waals surface area (Å²) in [5.74, 6) is 0.558. The Balaban J connectivity index is 2.02. The van der Waals surface area contributed by atoms with Gasteiger partial charge in [-0.15, -0.1) is 11.8 Å². The maximum absolute atomic E-state index is 12.6. The lowest BCUT2D eigenvalue weighted by Crippen LogP contribution is -2.34. The second-order valence-electron chi connectivity index (χ2n) is 5.46. The van der Waals surface area contributed by atoms with Crippen LogP contribution in [0.15, 0.2) is 59.5 Å². The fraction of sp³-hybridized carbons (Fsp3) is 0.263. The molecular weight excluding hydrogens is 336 g/mol. The van der Waals surface area contributed by atoms with Gasteiger partial charge < -0.3 is 15.4 Å². The maximum atomic E-state index is 12.6. The smallest absolute Gasteiger partial charge is 0.233 e. The summed E-state index contributed by atoms with van der Waals surface area (Å²) in [5, 5.41) is 0. The lowest BCUT2D eigenvalue weighted by molar-refractivity contribution is -0.129. The fourth-order valence-electron chi connectivity index (χ4n) is 2.31. The van der Waals surface area contributed by atoms with Gasteiger partial charge in [-0.25, -0.2) is 0 Å². The van der Waals surface area contributed by atoms with Gasteiger partial charge in [0.25, 0.3) is 0 Å².